The van der Waals surface area contributed by atoms with Gasteiger partial charge in [-0.2, -0.15) is 4.98 Å². The van der Waals surface area contributed by atoms with Gasteiger partial charge >= 0.3 is 5.97 Å². The molecule has 1 spiro atoms. The number of piperidine rings is 1. The van der Waals surface area contributed by atoms with Crippen molar-refractivity contribution in [2.24, 2.45) is 11.3 Å². The summed E-state index contributed by atoms with van der Waals surface area (Å²) in [5.74, 6) is 0.267. The zero-order valence-corrected chi connectivity index (χ0v) is 14.1. The minimum absolute atomic E-state index is 0.0332. The first-order valence-corrected chi connectivity index (χ1v) is 8.84. The van der Waals surface area contributed by atoms with Crippen LogP contribution in [0.3, 0.4) is 0 Å². The Kier molecular flexibility index (Phi) is 3.77. The van der Waals surface area contributed by atoms with Crippen LogP contribution in [0.2, 0.25) is 0 Å². The summed E-state index contributed by atoms with van der Waals surface area (Å²) in [5, 5.41) is 9.57. The van der Waals surface area contributed by atoms with Crippen molar-refractivity contribution in [2.45, 2.75) is 38.1 Å². The van der Waals surface area contributed by atoms with Gasteiger partial charge < -0.3 is 20.6 Å². The zero-order chi connectivity index (χ0) is 17.6. The molecule has 3 heterocycles. The highest BCUT2D eigenvalue weighted by Crippen LogP contribution is 2.45. The Hall–Kier alpha value is -2.38. The molecule has 25 heavy (non-hydrogen) atoms. The minimum atomic E-state index is -0.882. The number of anilines is 2. The van der Waals surface area contributed by atoms with Crippen molar-refractivity contribution in [1.29, 1.82) is 0 Å². The smallest absolute Gasteiger partial charge is 0.326 e. The van der Waals surface area contributed by atoms with Crippen molar-refractivity contribution in [3.63, 3.8) is 0 Å². The van der Waals surface area contributed by atoms with Gasteiger partial charge in [0.1, 0.15) is 11.9 Å². The van der Waals surface area contributed by atoms with Crippen LogP contribution in [-0.4, -0.2) is 57.5 Å². The summed E-state index contributed by atoms with van der Waals surface area (Å²) < 4.78 is 0. The molecule has 1 aliphatic carbocycles. The van der Waals surface area contributed by atoms with Gasteiger partial charge in [-0.3, -0.25) is 4.79 Å². The molecule has 3 N–H and O–H groups in total. The molecular weight excluding hydrogens is 322 g/mol. The summed E-state index contributed by atoms with van der Waals surface area (Å²) in [6, 6.07) is 0.980. The Morgan fingerprint density at radius 1 is 1.28 bits per heavy atom. The number of amides is 1. The lowest BCUT2D eigenvalue weighted by Crippen LogP contribution is -2.43. The Labute approximate surface area is 146 Å². The van der Waals surface area contributed by atoms with Gasteiger partial charge in [0.25, 0.3) is 0 Å². The number of aromatic nitrogens is 2. The number of rotatable bonds is 3. The van der Waals surface area contributed by atoms with Crippen LogP contribution in [0.5, 0.6) is 0 Å². The number of nitrogen functional groups attached to an aromatic ring is 1. The summed E-state index contributed by atoms with van der Waals surface area (Å²) in [6.07, 6.45) is 5.66. The molecule has 0 aromatic carbocycles. The average molecular weight is 345 g/mol. The van der Waals surface area contributed by atoms with Gasteiger partial charge in [-0.1, -0.05) is 0 Å². The lowest BCUT2D eigenvalue weighted by molar-refractivity contribution is -0.148. The molecule has 1 aromatic heterocycles. The first-order valence-electron chi connectivity index (χ1n) is 8.84. The molecule has 8 nitrogen and oxygen atoms in total. The van der Waals surface area contributed by atoms with E-state index in [9.17, 15) is 14.7 Å². The summed E-state index contributed by atoms with van der Waals surface area (Å²) in [6.45, 7) is 2.06. The quantitative estimate of drug-likeness (QED) is 0.831. The number of nitrogens with two attached hydrogens (primary N) is 1. The Morgan fingerprint density at radius 3 is 2.60 bits per heavy atom. The third-order valence-electron chi connectivity index (χ3n) is 5.77. The van der Waals surface area contributed by atoms with Crippen molar-refractivity contribution in [1.82, 2.24) is 14.9 Å². The van der Waals surface area contributed by atoms with Crippen LogP contribution in [0.1, 0.15) is 32.1 Å². The highest BCUT2D eigenvalue weighted by Gasteiger charge is 2.51. The number of hydrogen-bond donors (Lipinski definition) is 2. The molecule has 4 rings (SSSR count). The third kappa shape index (κ3) is 3.01. The van der Waals surface area contributed by atoms with E-state index in [-0.39, 0.29) is 17.2 Å². The number of carboxylic acids is 1. The van der Waals surface area contributed by atoms with E-state index < -0.39 is 12.0 Å². The number of nitrogens with zero attached hydrogens (tertiary/aromatic N) is 4. The number of carboxylic acid groups (broad SMARTS) is 1. The Bertz CT molecular complexity index is 697. The van der Waals surface area contributed by atoms with Gasteiger partial charge in [-0.25, -0.2) is 9.78 Å². The number of aliphatic carboxylic acids is 1. The van der Waals surface area contributed by atoms with Crippen LogP contribution in [-0.2, 0) is 9.59 Å². The minimum Gasteiger partial charge on any atom is -0.480 e. The molecule has 0 bridgehead atoms. The fourth-order valence-corrected chi connectivity index (χ4v) is 4.13. The summed E-state index contributed by atoms with van der Waals surface area (Å²) in [4.78, 5) is 36.4. The van der Waals surface area contributed by atoms with Crippen LogP contribution >= 0.6 is 0 Å². The van der Waals surface area contributed by atoms with Crippen molar-refractivity contribution in [2.75, 3.05) is 30.3 Å². The topological polar surface area (TPSA) is 113 Å². The fraction of sp³-hybridized carbons (Fsp3) is 0.647. The van der Waals surface area contributed by atoms with Gasteiger partial charge in [0, 0.05) is 31.7 Å². The maximum Gasteiger partial charge on any atom is 0.326 e. The molecule has 2 aliphatic heterocycles. The molecule has 8 heteroatoms. The summed E-state index contributed by atoms with van der Waals surface area (Å²) >= 11 is 0. The highest BCUT2D eigenvalue weighted by atomic mass is 16.4. The fourth-order valence-electron chi connectivity index (χ4n) is 4.13. The van der Waals surface area contributed by atoms with Crippen LogP contribution in [0, 0.1) is 11.3 Å². The molecule has 0 radical (unpaired) electrons. The maximum absolute atomic E-state index is 12.5. The lowest BCUT2D eigenvalue weighted by atomic mass is 9.76. The standard InChI is InChI=1S/C17H23N5O3/c18-13-3-6-19-16(20-13)21-7-4-17(5-8-21)9-12(15(24)25)22(10-17)14(23)11-1-2-11/h3,6,11-12H,1-2,4-5,7-10H2,(H,24,25)(H2,18,19,20)/t12-/m1/s1. The lowest BCUT2D eigenvalue weighted by Gasteiger charge is -2.39. The van der Waals surface area contributed by atoms with Gasteiger partial charge in [-0.05, 0) is 43.6 Å². The van der Waals surface area contributed by atoms with Gasteiger partial charge in [-0.15, -0.1) is 0 Å². The number of carbonyl (C=O) groups excluding carboxylic acids is 1. The SMILES string of the molecule is Nc1ccnc(N2CCC3(CC2)C[C@H](C(=O)O)N(C(=O)C2CC2)C3)n1. The van der Waals surface area contributed by atoms with Gasteiger partial charge in [0.2, 0.25) is 11.9 Å². The highest BCUT2D eigenvalue weighted by molar-refractivity contribution is 5.87. The van der Waals surface area contributed by atoms with E-state index in [1.54, 1.807) is 17.2 Å². The maximum atomic E-state index is 12.5. The monoisotopic (exact) mass is 345 g/mol. The molecule has 3 aliphatic rings. The van der Waals surface area contributed by atoms with E-state index in [1.807, 2.05) is 0 Å². The molecule has 1 saturated carbocycles. The third-order valence-corrected chi connectivity index (χ3v) is 5.77. The number of hydrogen-bond acceptors (Lipinski definition) is 6. The number of carbonyl (C=O) groups is 2. The van der Waals surface area contributed by atoms with Crippen molar-refractivity contribution in [3.05, 3.63) is 12.3 Å². The zero-order valence-electron chi connectivity index (χ0n) is 14.1. The number of likely N-dealkylation sites (tertiary alicyclic amines) is 1. The van der Waals surface area contributed by atoms with E-state index in [1.165, 1.54) is 0 Å². The molecule has 1 amide bonds. The van der Waals surface area contributed by atoms with Crippen molar-refractivity contribution >= 4 is 23.6 Å². The molecular formula is C17H23N5O3. The Morgan fingerprint density at radius 2 is 2.00 bits per heavy atom. The average Bonchev–Trinajstić information content (AvgIpc) is 3.37. The second-order valence-corrected chi connectivity index (χ2v) is 7.57. The van der Waals surface area contributed by atoms with Gasteiger partial charge in [0.15, 0.2) is 0 Å². The first kappa shape index (κ1) is 16.1. The van der Waals surface area contributed by atoms with E-state index in [0.717, 1.165) is 38.8 Å². The molecule has 3 fully saturated rings. The molecule has 0 unspecified atom stereocenters. The summed E-state index contributed by atoms with van der Waals surface area (Å²) in [7, 11) is 0. The van der Waals surface area contributed by atoms with E-state index >= 15 is 0 Å². The Balaban J connectivity index is 1.46. The van der Waals surface area contributed by atoms with Crippen LogP contribution < -0.4 is 10.6 Å². The van der Waals surface area contributed by atoms with E-state index in [2.05, 4.69) is 14.9 Å². The van der Waals surface area contributed by atoms with Crippen LogP contribution in [0.25, 0.3) is 0 Å². The molecule has 1 atom stereocenters. The van der Waals surface area contributed by atoms with E-state index in [4.69, 9.17) is 5.73 Å². The second-order valence-electron chi connectivity index (χ2n) is 7.57. The van der Waals surface area contributed by atoms with Crippen molar-refractivity contribution < 1.29 is 14.7 Å². The molecule has 134 valence electrons. The molecule has 1 aromatic rings. The normalized spacial score (nSPS) is 25.4. The van der Waals surface area contributed by atoms with Crippen LogP contribution in [0.4, 0.5) is 11.8 Å². The van der Waals surface area contributed by atoms with E-state index in [0.29, 0.717) is 24.7 Å². The molecule has 2 saturated heterocycles. The predicted octanol–water partition coefficient (Wildman–Crippen LogP) is 0.741. The first-order chi connectivity index (χ1) is 12.0. The van der Waals surface area contributed by atoms with Gasteiger partial charge in [0.05, 0.1) is 0 Å². The largest absolute Gasteiger partial charge is 0.480 e. The van der Waals surface area contributed by atoms with Crippen LogP contribution in [0.15, 0.2) is 12.3 Å². The predicted molar refractivity (Wildman–Crippen MR) is 90.8 cm³/mol. The summed E-state index contributed by atoms with van der Waals surface area (Å²) in [5.41, 5.74) is 5.62. The second kappa shape index (κ2) is 5.86. The van der Waals surface area contributed by atoms with Crippen molar-refractivity contribution in [3.8, 4) is 0 Å².